The van der Waals surface area contributed by atoms with E-state index in [1.165, 1.54) is 24.9 Å². The number of carbonyl (C=O) groups excluding carboxylic acids is 2. The molecule has 0 bridgehead atoms. The first-order valence-corrected chi connectivity index (χ1v) is 16.4. The number of aryl methyl sites for hydroxylation is 1. The molecule has 0 aliphatic heterocycles. The number of rotatable bonds is 5. The third kappa shape index (κ3) is 5.20. The van der Waals surface area contributed by atoms with Gasteiger partial charge in [0.05, 0.1) is 0 Å². The number of fused-ring (bicyclic) bond motifs is 5. The average molecular weight is 634 g/mol. The van der Waals surface area contributed by atoms with Crippen molar-refractivity contribution in [3.63, 3.8) is 0 Å². The van der Waals surface area contributed by atoms with E-state index in [9.17, 15) is 9.59 Å². The predicted molar refractivity (Wildman–Crippen MR) is 173 cm³/mol. The van der Waals surface area contributed by atoms with E-state index >= 15 is 0 Å². The zero-order chi connectivity index (χ0) is 30.3. The fraction of sp³-hybridized carbons (Fsp3) is 0.263. The molecule has 0 fully saturated rings. The van der Waals surface area contributed by atoms with E-state index in [2.05, 4.69) is 49.1 Å². The molecule has 0 saturated heterocycles. The second-order valence-electron chi connectivity index (χ2n) is 11.8. The molecule has 5 heteroatoms. The number of benzene rings is 4. The quantitative estimate of drug-likeness (QED) is 0.0876. The topological polar surface area (TPSA) is 52.6 Å². The Kier molecular flexibility index (Phi) is 7.77. The molecule has 0 amide bonds. The van der Waals surface area contributed by atoms with E-state index in [1.807, 2.05) is 76.2 Å². The summed E-state index contributed by atoms with van der Waals surface area (Å²) in [7, 11) is 0. The van der Waals surface area contributed by atoms with Crippen LogP contribution in [0.15, 0.2) is 78.9 Å². The maximum absolute atomic E-state index is 13.9. The number of ether oxygens (including phenoxy) is 2. The first-order chi connectivity index (χ1) is 20.7. The van der Waals surface area contributed by atoms with Crippen LogP contribution in [-0.4, -0.2) is 38.7 Å². The first kappa shape index (κ1) is 29.0. The molecule has 216 valence electrons. The van der Waals surface area contributed by atoms with E-state index in [-0.39, 0.29) is 39.6 Å². The zero-order valence-electron chi connectivity index (χ0n) is 25.1. The van der Waals surface area contributed by atoms with Crippen molar-refractivity contribution in [1.29, 1.82) is 0 Å². The summed E-state index contributed by atoms with van der Waals surface area (Å²) in [5.41, 5.74) is 5.68. The van der Waals surface area contributed by atoms with E-state index < -0.39 is 17.4 Å². The molecule has 0 atom stereocenters. The van der Waals surface area contributed by atoms with Crippen LogP contribution in [0, 0.1) is 24.2 Å². The Balaban J connectivity index is 1.72. The Hall–Kier alpha value is -4.10. The molecule has 0 unspecified atom stereocenters. The van der Waals surface area contributed by atoms with Gasteiger partial charge < -0.3 is 0 Å². The normalized spacial score (nSPS) is 13.7. The summed E-state index contributed by atoms with van der Waals surface area (Å²) in [6.07, 6.45) is -0.291. The van der Waals surface area contributed by atoms with Gasteiger partial charge in [0.25, 0.3) is 0 Å². The van der Waals surface area contributed by atoms with Crippen molar-refractivity contribution in [1.82, 2.24) is 0 Å². The van der Waals surface area contributed by atoms with Crippen molar-refractivity contribution in [3.8, 4) is 23.0 Å². The van der Waals surface area contributed by atoms with Gasteiger partial charge in [-0.25, -0.2) is 0 Å². The molecule has 4 aromatic carbocycles. The molecule has 1 heterocycles. The summed E-state index contributed by atoms with van der Waals surface area (Å²) in [5, 5.41) is 2.39. The number of hydrogen-bond donors (Lipinski definition) is 0. The molecule has 1 aromatic heterocycles. The van der Waals surface area contributed by atoms with Crippen LogP contribution < -0.4 is 0 Å². The van der Waals surface area contributed by atoms with Gasteiger partial charge >= 0.3 is 260 Å². The molecular weight excluding hydrogens is 599 g/mol. The van der Waals surface area contributed by atoms with E-state index in [1.54, 1.807) is 0 Å². The van der Waals surface area contributed by atoms with Gasteiger partial charge in [-0.2, -0.15) is 0 Å². The maximum atomic E-state index is 13.9. The van der Waals surface area contributed by atoms with Gasteiger partial charge in [-0.1, -0.05) is 0 Å². The molecule has 1 aliphatic rings. The van der Waals surface area contributed by atoms with Crippen LogP contribution in [0.2, 0.25) is 0 Å². The number of carbonyl (C=O) groups is 2. The molecule has 0 radical (unpaired) electrons. The van der Waals surface area contributed by atoms with Crippen molar-refractivity contribution in [2.45, 2.75) is 59.7 Å². The predicted octanol–water partition coefficient (Wildman–Crippen LogP) is 7.41. The summed E-state index contributed by atoms with van der Waals surface area (Å²) >= 11 is -0.00496. The fourth-order valence-corrected chi connectivity index (χ4v) is 8.87. The van der Waals surface area contributed by atoms with Gasteiger partial charge in [0.15, 0.2) is 0 Å². The van der Waals surface area contributed by atoms with E-state index in [4.69, 9.17) is 9.47 Å². The average Bonchev–Trinajstić information content (AvgIpc) is 3.58. The summed E-state index contributed by atoms with van der Waals surface area (Å²) in [6.45, 7) is 9.41. The van der Waals surface area contributed by atoms with Crippen LogP contribution in [0.5, 0.6) is 0 Å². The Morgan fingerprint density at radius 3 is 1.98 bits per heavy atom. The molecule has 1 aliphatic carbocycles. The molecule has 0 saturated carbocycles. The van der Waals surface area contributed by atoms with Crippen molar-refractivity contribution < 1.29 is 19.1 Å². The van der Waals surface area contributed by atoms with Crippen molar-refractivity contribution in [2.24, 2.45) is 5.41 Å². The molecular formula is C38H34O4Se. The Labute approximate surface area is 258 Å². The number of esters is 2. The van der Waals surface area contributed by atoms with Crippen molar-refractivity contribution in [3.05, 3.63) is 107 Å². The van der Waals surface area contributed by atoms with Crippen LogP contribution >= 0.6 is 0 Å². The summed E-state index contributed by atoms with van der Waals surface area (Å²) in [4.78, 5) is 27.9. The molecule has 0 N–H and O–H groups in total. The van der Waals surface area contributed by atoms with Gasteiger partial charge in [-0.05, 0) is 0 Å². The first-order valence-electron chi connectivity index (χ1n) is 14.7. The van der Waals surface area contributed by atoms with Gasteiger partial charge in [-0.15, -0.1) is 0 Å². The van der Waals surface area contributed by atoms with Gasteiger partial charge in [0, 0.05) is 0 Å². The minimum absolute atomic E-state index is 0.00496. The van der Waals surface area contributed by atoms with Gasteiger partial charge in [0.1, 0.15) is 0 Å². The van der Waals surface area contributed by atoms with Gasteiger partial charge in [0.2, 0.25) is 0 Å². The molecule has 5 aromatic rings. The van der Waals surface area contributed by atoms with E-state index in [0.717, 1.165) is 33.4 Å². The van der Waals surface area contributed by atoms with Crippen molar-refractivity contribution in [2.75, 3.05) is 0 Å². The molecule has 4 nitrogen and oxygen atoms in total. The SMILES string of the molecule is Cc1cccc2c1[se]c1c3c(c(C#Cc4ccccc4)c(-c4ccccc4)c12)CC(C(=O)OC(C)C)(C(=O)OC(C)C)C3. The molecule has 0 spiro atoms. The summed E-state index contributed by atoms with van der Waals surface area (Å²) in [6, 6.07) is 26.8. The third-order valence-corrected chi connectivity index (χ3v) is 10.9. The van der Waals surface area contributed by atoms with Crippen LogP contribution in [-0.2, 0) is 31.9 Å². The van der Waals surface area contributed by atoms with Crippen LogP contribution in [0.4, 0.5) is 0 Å². The minimum atomic E-state index is -1.47. The van der Waals surface area contributed by atoms with Crippen LogP contribution in [0.25, 0.3) is 30.4 Å². The van der Waals surface area contributed by atoms with Crippen molar-refractivity contribution >= 4 is 45.7 Å². The van der Waals surface area contributed by atoms with E-state index in [0.29, 0.717) is 0 Å². The molecule has 43 heavy (non-hydrogen) atoms. The van der Waals surface area contributed by atoms with Crippen LogP contribution in [0.3, 0.4) is 0 Å². The second kappa shape index (κ2) is 11.5. The molecule has 6 rings (SSSR count). The number of hydrogen-bond acceptors (Lipinski definition) is 4. The monoisotopic (exact) mass is 634 g/mol. The summed E-state index contributed by atoms with van der Waals surface area (Å²) in [5.74, 6) is 5.90. The standard InChI is InChI=1S/C38H34O4Se/c1-23(2)41-36(39)38(37(40)42-24(3)4)21-30-28(20-19-26-14-8-6-9-15-26)32(27-16-10-7-11-17-27)33-29-18-12-13-25(5)34(29)43-35(33)31(30)22-38/h6-18,23-24H,21-22H2,1-5H3. The Bertz CT molecular complexity index is 1900. The third-order valence-electron chi connectivity index (χ3n) is 7.94. The summed E-state index contributed by atoms with van der Waals surface area (Å²) < 4.78 is 14.1. The zero-order valence-corrected chi connectivity index (χ0v) is 26.8. The fourth-order valence-electron chi connectivity index (χ4n) is 6.05. The Morgan fingerprint density at radius 1 is 0.744 bits per heavy atom. The Morgan fingerprint density at radius 2 is 1.35 bits per heavy atom. The van der Waals surface area contributed by atoms with Gasteiger partial charge in [-0.3, -0.25) is 0 Å². The van der Waals surface area contributed by atoms with Crippen LogP contribution in [0.1, 0.15) is 55.5 Å². The second-order valence-corrected chi connectivity index (χ2v) is 13.9.